The molecule has 0 bridgehead atoms. The van der Waals surface area contributed by atoms with Gasteiger partial charge in [0.2, 0.25) is 0 Å². The van der Waals surface area contributed by atoms with Crippen LogP contribution in [-0.4, -0.2) is 11.9 Å². The van der Waals surface area contributed by atoms with Crippen molar-refractivity contribution in [1.29, 1.82) is 0 Å². The van der Waals surface area contributed by atoms with Crippen molar-refractivity contribution >= 4 is 22.8 Å². The molecule has 0 radical (unpaired) electrons. The number of rotatable bonds is 3. The van der Waals surface area contributed by atoms with Crippen molar-refractivity contribution < 1.29 is 4.79 Å². The highest BCUT2D eigenvalue weighted by atomic mass is 16.1. The first-order valence-corrected chi connectivity index (χ1v) is 6.74. The summed E-state index contributed by atoms with van der Waals surface area (Å²) in [5, 5.41) is 5.29. The predicted octanol–water partition coefficient (Wildman–Crippen LogP) is 3.77. The third-order valence-corrected chi connectivity index (χ3v) is 3.84. The van der Waals surface area contributed by atoms with Crippen LogP contribution in [0.15, 0.2) is 43.0 Å². The number of amides is 1. The Balaban J connectivity index is 1.92. The van der Waals surface area contributed by atoms with Gasteiger partial charge in [-0.1, -0.05) is 36.9 Å². The number of nitrogens with one attached hydrogen (secondary N) is 1. The van der Waals surface area contributed by atoms with Gasteiger partial charge in [0.25, 0.3) is 5.91 Å². The summed E-state index contributed by atoms with van der Waals surface area (Å²) in [6.45, 7) is 3.82. The topological polar surface area (TPSA) is 29.1 Å². The van der Waals surface area contributed by atoms with E-state index in [1.807, 2.05) is 42.5 Å². The van der Waals surface area contributed by atoms with Gasteiger partial charge >= 0.3 is 0 Å². The molecule has 3 rings (SSSR count). The van der Waals surface area contributed by atoms with Crippen LogP contribution in [0.25, 0.3) is 16.8 Å². The molecule has 0 spiro atoms. The molecular formula is C17H17NO. The number of fused-ring (bicyclic) bond motifs is 1. The Morgan fingerprint density at radius 1 is 1.26 bits per heavy atom. The van der Waals surface area contributed by atoms with E-state index < -0.39 is 0 Å². The molecule has 0 aromatic heterocycles. The number of carbonyl (C=O) groups excluding carboxylic acids is 1. The minimum Gasteiger partial charge on any atom is -0.349 e. The maximum atomic E-state index is 12.1. The SMILES string of the molecule is C=Cc1cccc2cc(C(=O)NC3CCC3)ccc12. The molecule has 2 aromatic carbocycles. The Labute approximate surface area is 113 Å². The summed E-state index contributed by atoms with van der Waals surface area (Å²) in [6.07, 6.45) is 5.29. The second-order valence-electron chi connectivity index (χ2n) is 5.09. The first-order chi connectivity index (χ1) is 9.28. The van der Waals surface area contributed by atoms with Crippen molar-refractivity contribution in [3.05, 3.63) is 54.1 Å². The van der Waals surface area contributed by atoms with Crippen LogP contribution < -0.4 is 5.32 Å². The second-order valence-corrected chi connectivity index (χ2v) is 5.09. The fourth-order valence-corrected chi connectivity index (χ4v) is 2.45. The standard InChI is InChI=1S/C17H17NO/c1-2-12-5-3-6-13-11-14(9-10-16(12)13)17(19)18-15-7-4-8-15/h2-3,5-6,9-11,15H,1,4,7-8H2,(H,18,19). The molecule has 1 saturated carbocycles. The molecular weight excluding hydrogens is 234 g/mol. The van der Waals surface area contributed by atoms with Crippen LogP contribution in [0, 0.1) is 0 Å². The highest BCUT2D eigenvalue weighted by Gasteiger charge is 2.20. The van der Waals surface area contributed by atoms with Crippen molar-refractivity contribution in [2.45, 2.75) is 25.3 Å². The second kappa shape index (κ2) is 4.88. The quantitative estimate of drug-likeness (QED) is 0.884. The Morgan fingerprint density at radius 2 is 2.11 bits per heavy atom. The van der Waals surface area contributed by atoms with Crippen LogP contribution in [0.4, 0.5) is 0 Å². The lowest BCUT2D eigenvalue weighted by Crippen LogP contribution is -2.39. The molecule has 2 aromatic rings. The smallest absolute Gasteiger partial charge is 0.251 e. The van der Waals surface area contributed by atoms with Crippen LogP contribution >= 0.6 is 0 Å². The minimum absolute atomic E-state index is 0.0376. The van der Waals surface area contributed by atoms with Gasteiger partial charge in [-0.2, -0.15) is 0 Å². The third kappa shape index (κ3) is 2.26. The van der Waals surface area contributed by atoms with Crippen LogP contribution in [-0.2, 0) is 0 Å². The minimum atomic E-state index is 0.0376. The lowest BCUT2D eigenvalue weighted by molar-refractivity contribution is 0.0917. The van der Waals surface area contributed by atoms with Crippen molar-refractivity contribution in [3.63, 3.8) is 0 Å². The average molecular weight is 251 g/mol. The van der Waals surface area contributed by atoms with Crippen molar-refractivity contribution in [2.75, 3.05) is 0 Å². The van der Waals surface area contributed by atoms with Gasteiger partial charge in [0, 0.05) is 11.6 Å². The third-order valence-electron chi connectivity index (χ3n) is 3.84. The molecule has 0 unspecified atom stereocenters. The van der Waals surface area contributed by atoms with E-state index in [1.165, 1.54) is 6.42 Å². The summed E-state index contributed by atoms with van der Waals surface area (Å²) >= 11 is 0. The molecule has 1 amide bonds. The van der Waals surface area contributed by atoms with Crippen LogP contribution in [0.2, 0.25) is 0 Å². The van der Waals surface area contributed by atoms with Gasteiger partial charge in [-0.3, -0.25) is 4.79 Å². The first-order valence-electron chi connectivity index (χ1n) is 6.74. The Kier molecular flexibility index (Phi) is 3.08. The van der Waals surface area contributed by atoms with E-state index in [2.05, 4.69) is 11.9 Å². The summed E-state index contributed by atoms with van der Waals surface area (Å²) in [7, 11) is 0. The monoisotopic (exact) mass is 251 g/mol. The summed E-state index contributed by atoms with van der Waals surface area (Å²) in [5.41, 5.74) is 1.84. The van der Waals surface area contributed by atoms with Crippen molar-refractivity contribution in [2.24, 2.45) is 0 Å². The van der Waals surface area contributed by atoms with Crippen molar-refractivity contribution in [1.82, 2.24) is 5.32 Å². The van der Waals surface area contributed by atoms with E-state index >= 15 is 0 Å². The lowest BCUT2D eigenvalue weighted by atomic mass is 9.93. The van der Waals surface area contributed by atoms with Crippen LogP contribution in [0.3, 0.4) is 0 Å². The molecule has 0 atom stereocenters. The molecule has 1 N–H and O–H groups in total. The number of benzene rings is 2. The van der Waals surface area contributed by atoms with Gasteiger partial charge in [-0.25, -0.2) is 0 Å². The molecule has 1 aliphatic carbocycles. The molecule has 1 fully saturated rings. The van der Waals surface area contributed by atoms with E-state index in [-0.39, 0.29) is 5.91 Å². The zero-order valence-corrected chi connectivity index (χ0v) is 10.9. The molecule has 1 aliphatic rings. The van der Waals surface area contributed by atoms with Gasteiger partial charge in [0.15, 0.2) is 0 Å². The molecule has 2 heteroatoms. The highest BCUT2D eigenvalue weighted by molar-refractivity contribution is 6.00. The zero-order chi connectivity index (χ0) is 13.2. The van der Waals surface area contributed by atoms with Crippen molar-refractivity contribution in [3.8, 4) is 0 Å². The van der Waals surface area contributed by atoms with E-state index in [0.29, 0.717) is 6.04 Å². The number of hydrogen-bond acceptors (Lipinski definition) is 1. The highest BCUT2D eigenvalue weighted by Crippen LogP contribution is 2.22. The Bertz CT molecular complexity index is 641. The molecule has 0 saturated heterocycles. The largest absolute Gasteiger partial charge is 0.349 e. The van der Waals surface area contributed by atoms with Gasteiger partial charge in [-0.15, -0.1) is 0 Å². The predicted molar refractivity (Wildman–Crippen MR) is 79.1 cm³/mol. The molecule has 0 aliphatic heterocycles. The normalized spacial score (nSPS) is 14.9. The Morgan fingerprint density at radius 3 is 2.79 bits per heavy atom. The summed E-state index contributed by atoms with van der Waals surface area (Å²) in [6, 6.07) is 12.3. The lowest BCUT2D eigenvalue weighted by Gasteiger charge is -2.26. The van der Waals surface area contributed by atoms with E-state index in [0.717, 1.165) is 34.7 Å². The fraction of sp³-hybridized carbons (Fsp3) is 0.235. The molecule has 96 valence electrons. The molecule has 19 heavy (non-hydrogen) atoms. The van der Waals surface area contributed by atoms with E-state index in [1.54, 1.807) is 0 Å². The fourth-order valence-electron chi connectivity index (χ4n) is 2.45. The molecule has 2 nitrogen and oxygen atoms in total. The maximum Gasteiger partial charge on any atom is 0.251 e. The van der Waals surface area contributed by atoms with Gasteiger partial charge in [0.05, 0.1) is 0 Å². The van der Waals surface area contributed by atoms with Gasteiger partial charge in [0.1, 0.15) is 0 Å². The van der Waals surface area contributed by atoms with E-state index in [4.69, 9.17) is 0 Å². The summed E-state index contributed by atoms with van der Waals surface area (Å²) in [4.78, 5) is 12.1. The zero-order valence-electron chi connectivity index (χ0n) is 10.9. The number of hydrogen-bond donors (Lipinski definition) is 1. The molecule has 0 heterocycles. The van der Waals surface area contributed by atoms with Gasteiger partial charge in [-0.05, 0) is 47.7 Å². The first kappa shape index (κ1) is 12.0. The maximum absolute atomic E-state index is 12.1. The van der Waals surface area contributed by atoms with Crippen LogP contribution in [0.5, 0.6) is 0 Å². The average Bonchev–Trinajstić information content (AvgIpc) is 2.41. The van der Waals surface area contributed by atoms with Crippen LogP contribution in [0.1, 0.15) is 35.2 Å². The Hall–Kier alpha value is -2.09. The summed E-state index contributed by atoms with van der Waals surface area (Å²) in [5.74, 6) is 0.0376. The van der Waals surface area contributed by atoms with E-state index in [9.17, 15) is 4.79 Å². The summed E-state index contributed by atoms with van der Waals surface area (Å²) < 4.78 is 0. The number of carbonyl (C=O) groups is 1. The van der Waals surface area contributed by atoms with Gasteiger partial charge < -0.3 is 5.32 Å².